The summed E-state index contributed by atoms with van der Waals surface area (Å²) in [5, 5.41) is 18.5. The average molecular weight is 382 g/mol. The molecule has 0 saturated heterocycles. The first-order valence-electron chi connectivity index (χ1n) is 6.69. The summed E-state index contributed by atoms with van der Waals surface area (Å²) in [5.74, 6) is 0. The molecule has 0 fully saturated rings. The summed E-state index contributed by atoms with van der Waals surface area (Å²) in [4.78, 5) is 12.0. The normalized spacial score (nSPS) is 11.6. The zero-order valence-corrected chi connectivity index (χ0v) is 13.9. The fourth-order valence-corrected chi connectivity index (χ4v) is 3.19. The van der Waals surface area contributed by atoms with Crippen LogP contribution in [0.2, 0.25) is 5.02 Å². The number of alkyl halides is 1. The third kappa shape index (κ3) is 2.89. The van der Waals surface area contributed by atoms with E-state index in [1.807, 2.05) is 0 Å². The minimum absolute atomic E-state index is 0.0828. The van der Waals surface area contributed by atoms with Crippen LogP contribution < -0.4 is 10.8 Å². The molecule has 0 spiro atoms. The molecule has 0 atom stereocenters. The number of nitrogens with two attached hydrogens (primary N) is 1. The van der Waals surface area contributed by atoms with E-state index >= 15 is 0 Å². The van der Waals surface area contributed by atoms with Crippen LogP contribution in [-0.4, -0.2) is 22.6 Å². The SMILES string of the molecule is N#Cc1cc(CF)c(-n2nc3ccc(Cl)cn3c2=O)cc1S(N)(=O)=O. The van der Waals surface area contributed by atoms with Crippen LogP contribution in [0.15, 0.2) is 40.2 Å². The van der Waals surface area contributed by atoms with E-state index < -0.39 is 27.3 Å². The van der Waals surface area contributed by atoms with Crippen LogP contribution in [0.5, 0.6) is 0 Å². The highest BCUT2D eigenvalue weighted by Crippen LogP contribution is 2.23. The minimum Gasteiger partial charge on any atom is -0.248 e. The average Bonchev–Trinajstić information content (AvgIpc) is 2.89. The Kier molecular flexibility index (Phi) is 4.08. The molecule has 0 amide bonds. The van der Waals surface area contributed by atoms with Gasteiger partial charge in [0.1, 0.15) is 17.6 Å². The van der Waals surface area contributed by atoms with Crippen molar-refractivity contribution in [2.45, 2.75) is 11.6 Å². The number of halogens is 2. The molecule has 0 saturated carbocycles. The molecule has 8 nitrogen and oxygen atoms in total. The number of aromatic nitrogens is 3. The van der Waals surface area contributed by atoms with E-state index in [2.05, 4.69) is 5.10 Å². The lowest BCUT2D eigenvalue weighted by molar-refractivity contribution is 0.482. The molecule has 2 aromatic heterocycles. The molecule has 3 rings (SSSR count). The molecule has 1 aromatic carbocycles. The number of nitriles is 1. The lowest BCUT2D eigenvalue weighted by atomic mass is 10.1. The second-order valence-electron chi connectivity index (χ2n) is 5.04. The summed E-state index contributed by atoms with van der Waals surface area (Å²) < 4.78 is 38.8. The van der Waals surface area contributed by atoms with Gasteiger partial charge in [-0.15, -0.1) is 5.10 Å². The summed E-state index contributed by atoms with van der Waals surface area (Å²) in [6, 6.07) is 6.61. The number of rotatable bonds is 3. The second kappa shape index (κ2) is 5.96. The molecule has 0 aliphatic heterocycles. The molecular formula is C14H9ClFN5O3S. The van der Waals surface area contributed by atoms with Gasteiger partial charge in [-0.05, 0) is 24.3 Å². The van der Waals surface area contributed by atoms with Crippen molar-refractivity contribution >= 4 is 27.3 Å². The number of pyridine rings is 1. The Morgan fingerprint density at radius 3 is 2.68 bits per heavy atom. The first-order valence-corrected chi connectivity index (χ1v) is 8.62. The molecule has 0 aliphatic rings. The van der Waals surface area contributed by atoms with Crippen LogP contribution >= 0.6 is 11.6 Å². The van der Waals surface area contributed by atoms with Crippen molar-refractivity contribution in [3.05, 3.63) is 57.1 Å². The van der Waals surface area contributed by atoms with Gasteiger partial charge in [-0.2, -0.15) is 9.94 Å². The highest BCUT2D eigenvalue weighted by atomic mass is 35.5. The van der Waals surface area contributed by atoms with Crippen molar-refractivity contribution in [1.82, 2.24) is 14.2 Å². The monoisotopic (exact) mass is 381 g/mol. The number of hydrogen-bond donors (Lipinski definition) is 1. The Balaban J connectivity index is 2.40. The van der Waals surface area contributed by atoms with E-state index in [0.717, 1.165) is 21.2 Å². The Hall–Kier alpha value is -2.74. The van der Waals surface area contributed by atoms with Gasteiger partial charge in [0.15, 0.2) is 5.65 Å². The van der Waals surface area contributed by atoms with Gasteiger partial charge in [-0.3, -0.25) is 0 Å². The van der Waals surface area contributed by atoms with Crippen molar-refractivity contribution in [1.29, 1.82) is 5.26 Å². The maximum absolute atomic E-state index is 13.4. The van der Waals surface area contributed by atoms with Gasteiger partial charge in [0.25, 0.3) is 0 Å². The van der Waals surface area contributed by atoms with E-state index in [1.165, 1.54) is 18.3 Å². The second-order valence-corrected chi connectivity index (χ2v) is 7.00. The van der Waals surface area contributed by atoms with E-state index in [1.54, 1.807) is 6.07 Å². The number of hydrogen-bond acceptors (Lipinski definition) is 5. The van der Waals surface area contributed by atoms with Gasteiger partial charge in [0.05, 0.1) is 16.3 Å². The summed E-state index contributed by atoms with van der Waals surface area (Å²) in [7, 11) is -4.27. The van der Waals surface area contributed by atoms with Crippen molar-refractivity contribution < 1.29 is 12.8 Å². The van der Waals surface area contributed by atoms with Gasteiger partial charge < -0.3 is 0 Å². The Labute approximate surface area is 145 Å². The van der Waals surface area contributed by atoms with Crippen LogP contribution in [0.3, 0.4) is 0 Å². The van der Waals surface area contributed by atoms with Gasteiger partial charge in [0, 0.05) is 11.8 Å². The Morgan fingerprint density at radius 1 is 1.36 bits per heavy atom. The number of fused-ring (bicyclic) bond motifs is 1. The minimum atomic E-state index is -4.27. The first-order chi connectivity index (χ1) is 11.8. The van der Waals surface area contributed by atoms with Crippen molar-refractivity contribution in [2.24, 2.45) is 5.14 Å². The van der Waals surface area contributed by atoms with Gasteiger partial charge >= 0.3 is 5.69 Å². The zero-order valence-electron chi connectivity index (χ0n) is 12.3. The fourth-order valence-electron chi connectivity index (χ4n) is 2.35. The zero-order chi connectivity index (χ0) is 18.4. The topological polar surface area (TPSA) is 123 Å². The van der Waals surface area contributed by atoms with Gasteiger partial charge in [-0.1, -0.05) is 11.6 Å². The number of benzene rings is 1. The number of sulfonamides is 1. The molecule has 11 heteroatoms. The lowest BCUT2D eigenvalue weighted by Gasteiger charge is -2.09. The summed E-state index contributed by atoms with van der Waals surface area (Å²) in [6.45, 7) is -1.05. The molecule has 2 N–H and O–H groups in total. The van der Waals surface area contributed by atoms with Crippen LogP contribution in [-0.2, 0) is 16.7 Å². The molecule has 3 aromatic rings. The Bertz CT molecular complexity index is 1210. The summed E-state index contributed by atoms with van der Waals surface area (Å²) in [5.41, 5.74) is -0.993. The predicted octanol–water partition coefficient (Wildman–Crippen LogP) is 1.13. The third-order valence-electron chi connectivity index (χ3n) is 3.46. The van der Waals surface area contributed by atoms with Crippen molar-refractivity contribution in [3.63, 3.8) is 0 Å². The first kappa shape index (κ1) is 17.1. The van der Waals surface area contributed by atoms with E-state index in [-0.39, 0.29) is 27.5 Å². The number of nitrogens with zero attached hydrogens (tertiary/aromatic N) is 4. The molecule has 0 aliphatic carbocycles. The Morgan fingerprint density at radius 2 is 2.08 bits per heavy atom. The highest BCUT2D eigenvalue weighted by molar-refractivity contribution is 7.89. The maximum Gasteiger partial charge on any atom is 0.355 e. The summed E-state index contributed by atoms with van der Waals surface area (Å²) >= 11 is 5.84. The van der Waals surface area contributed by atoms with Gasteiger partial charge in [0.2, 0.25) is 10.0 Å². The molecule has 25 heavy (non-hydrogen) atoms. The van der Waals surface area contributed by atoms with Gasteiger partial charge in [-0.25, -0.2) is 27.1 Å². The predicted molar refractivity (Wildman–Crippen MR) is 86.7 cm³/mol. The maximum atomic E-state index is 13.4. The van der Waals surface area contributed by atoms with Crippen molar-refractivity contribution in [2.75, 3.05) is 0 Å². The molecule has 0 bridgehead atoms. The van der Waals surface area contributed by atoms with Crippen LogP contribution in [0.25, 0.3) is 11.3 Å². The van der Waals surface area contributed by atoms with E-state index in [9.17, 15) is 17.6 Å². The fraction of sp³-hybridized carbons (Fsp3) is 0.0714. The van der Waals surface area contributed by atoms with Crippen LogP contribution in [0.4, 0.5) is 4.39 Å². The third-order valence-corrected chi connectivity index (χ3v) is 4.63. The molecular weight excluding hydrogens is 373 g/mol. The van der Waals surface area contributed by atoms with Crippen molar-refractivity contribution in [3.8, 4) is 11.8 Å². The molecule has 0 unspecified atom stereocenters. The van der Waals surface area contributed by atoms with Crippen LogP contribution in [0, 0.1) is 11.3 Å². The molecule has 2 heterocycles. The van der Waals surface area contributed by atoms with Crippen LogP contribution in [0.1, 0.15) is 11.1 Å². The lowest BCUT2D eigenvalue weighted by Crippen LogP contribution is -2.22. The standard InChI is InChI=1S/C14H9ClFN5O3S/c15-10-1-2-13-19-21(14(22)20(13)7-10)11-4-12(25(18,23)24)9(6-17)3-8(11)5-16/h1-4,7H,5H2,(H2,18,23,24). The van der Waals surface area contributed by atoms with E-state index in [0.29, 0.717) is 0 Å². The molecule has 128 valence electrons. The largest absolute Gasteiger partial charge is 0.355 e. The molecule has 0 radical (unpaired) electrons. The highest BCUT2D eigenvalue weighted by Gasteiger charge is 2.21. The van der Waals surface area contributed by atoms with E-state index in [4.69, 9.17) is 22.0 Å². The smallest absolute Gasteiger partial charge is 0.248 e. The quantitative estimate of drug-likeness (QED) is 0.728. The number of primary sulfonamides is 1. The summed E-state index contributed by atoms with van der Waals surface area (Å²) in [6.07, 6.45) is 1.32.